The maximum absolute atomic E-state index is 10.3. The second-order valence-electron chi connectivity index (χ2n) is 1.60. The van der Waals surface area contributed by atoms with E-state index >= 15 is 0 Å². The van der Waals surface area contributed by atoms with Crippen molar-refractivity contribution in [1.29, 1.82) is 0 Å². The molecule has 0 fully saturated rings. The molecule has 0 aliphatic rings. The molecule has 0 aliphatic heterocycles. The Morgan fingerprint density at radius 2 is 1.91 bits per heavy atom. The van der Waals surface area contributed by atoms with Crippen LogP contribution >= 0.6 is 0 Å². The van der Waals surface area contributed by atoms with Crippen LogP contribution in [0.4, 0.5) is 0 Å². The second kappa shape index (κ2) is 6.53. The van der Waals surface area contributed by atoms with Gasteiger partial charge in [-0.3, -0.25) is 0 Å². The molecule has 0 aromatic heterocycles. The maximum Gasteiger partial charge on any atom is 1.00 e. The predicted molar refractivity (Wildman–Crippen MR) is 43.6 cm³/mol. The topological polar surface area (TPSA) is 26.3 Å². The average molecular weight is 213 g/mol. The fraction of sp³-hybridized carbons (Fsp3) is 0. The molecule has 0 saturated heterocycles. The van der Waals surface area contributed by atoms with Gasteiger partial charge in [0.15, 0.2) is 0 Å². The summed E-state index contributed by atoms with van der Waals surface area (Å²) in [5.74, 6) is 0.538. The third-order valence-electron chi connectivity index (χ3n) is 0.907. The van der Waals surface area contributed by atoms with E-state index in [1.807, 2.05) is 6.07 Å². The zero-order valence-corrected chi connectivity index (χ0v) is 10.8. The summed E-state index contributed by atoms with van der Waals surface area (Å²) in [6.07, 6.45) is 0. The molecule has 0 unspecified atom stereocenters. The minimum Gasteiger partial charge on any atom is -1.00 e. The molecule has 0 spiro atoms. The van der Waals surface area contributed by atoms with Crippen molar-refractivity contribution >= 4 is 20.8 Å². The number of benzene rings is 1. The van der Waals surface area contributed by atoms with Gasteiger partial charge in [-0.25, -0.2) is 0 Å². The van der Waals surface area contributed by atoms with Crippen LogP contribution in [-0.2, 0) is 25.0 Å². The van der Waals surface area contributed by atoms with Gasteiger partial charge in [0.25, 0.3) is 0 Å². The van der Waals surface area contributed by atoms with Crippen molar-refractivity contribution in [3.8, 4) is 5.75 Å². The molecule has 11 heavy (non-hydrogen) atoms. The van der Waals surface area contributed by atoms with E-state index < -0.39 is 9.64 Å². The second-order valence-corrected chi connectivity index (χ2v) is 2.99. The fourth-order valence-electron chi connectivity index (χ4n) is 0.555. The summed E-state index contributed by atoms with van der Waals surface area (Å²) in [7, 11) is -1.63. The van der Waals surface area contributed by atoms with E-state index in [1.165, 1.54) is 0 Å². The summed E-state index contributed by atoms with van der Waals surface area (Å²) in [4.78, 5) is 0. The first-order chi connectivity index (χ1) is 4.79. The third-order valence-corrected chi connectivity index (χ3v) is 1.44. The number of rotatable bonds is 2. The molecule has 0 aliphatic carbocycles. The number of para-hydroxylation sites is 1. The maximum atomic E-state index is 10.3. The Hall–Kier alpha value is 1.03. The van der Waals surface area contributed by atoms with Crippen LogP contribution in [0, 0.1) is 0 Å². The Labute approximate surface area is 116 Å². The first-order valence-electron chi connectivity index (χ1n) is 2.61. The van der Waals surface area contributed by atoms with Gasteiger partial charge in [-0.05, 0) is 21.8 Å². The molecule has 56 valence electrons. The monoisotopic (exact) mass is 213 g/mol. The molecule has 0 bridgehead atoms. The van der Waals surface area contributed by atoms with Crippen LogP contribution in [-0.4, -0.2) is 0 Å². The van der Waals surface area contributed by atoms with Crippen molar-refractivity contribution in [3.63, 3.8) is 0 Å². The average Bonchev–Trinajstić information content (AvgIpc) is 1.88. The molecule has 0 radical (unpaired) electrons. The van der Waals surface area contributed by atoms with E-state index in [0.717, 1.165) is 0 Å². The zero-order valence-electron chi connectivity index (χ0n) is 7.02. The normalized spacial score (nSPS) is 8.82. The predicted octanol–water partition coefficient (Wildman–Crippen LogP) is -1.48. The van der Waals surface area contributed by atoms with Crippen LogP contribution in [0.1, 0.15) is 1.43 Å². The van der Waals surface area contributed by atoms with Crippen molar-refractivity contribution < 1.29 is 61.2 Å². The van der Waals surface area contributed by atoms with Gasteiger partial charge >= 0.3 is 51.4 Å². The van der Waals surface area contributed by atoms with Gasteiger partial charge in [0.2, 0.25) is 0 Å². The standard InChI is InChI=1S/C6H5O2S2.K.H/c7-10(9)8-6-4-2-1-3-5-6;;/h1-5H;;/q-1;+1;-1. The molecular formula is C6H6KO2S2-. The minimum absolute atomic E-state index is 0. The van der Waals surface area contributed by atoms with Crippen molar-refractivity contribution in [2.45, 2.75) is 0 Å². The molecule has 2 nitrogen and oxygen atoms in total. The van der Waals surface area contributed by atoms with Gasteiger partial charge in [0, 0.05) is 0 Å². The van der Waals surface area contributed by atoms with Gasteiger partial charge in [0.05, 0.1) is 5.75 Å². The first kappa shape index (κ1) is 12.0. The van der Waals surface area contributed by atoms with Gasteiger partial charge in [-0.2, -0.15) is 11.2 Å². The van der Waals surface area contributed by atoms with E-state index in [4.69, 9.17) is 4.18 Å². The molecule has 1 aromatic carbocycles. The first-order valence-corrected chi connectivity index (χ1v) is 4.61. The van der Waals surface area contributed by atoms with E-state index in [9.17, 15) is 4.21 Å². The number of hydrogen-bond acceptors (Lipinski definition) is 4. The Morgan fingerprint density at radius 1 is 1.36 bits per heavy atom. The van der Waals surface area contributed by atoms with Crippen LogP contribution in [0.15, 0.2) is 30.3 Å². The van der Waals surface area contributed by atoms with Crippen LogP contribution in [0.25, 0.3) is 0 Å². The van der Waals surface area contributed by atoms with E-state index in [2.05, 4.69) is 11.2 Å². The molecule has 5 heteroatoms. The van der Waals surface area contributed by atoms with Crippen molar-refractivity contribution in [3.05, 3.63) is 30.3 Å². The van der Waals surface area contributed by atoms with Gasteiger partial charge < -0.3 is 9.82 Å². The summed E-state index contributed by atoms with van der Waals surface area (Å²) >= 11 is 4.31. The van der Waals surface area contributed by atoms with Crippen molar-refractivity contribution in [1.82, 2.24) is 0 Å². The minimum atomic E-state index is -1.63. The quantitative estimate of drug-likeness (QED) is 0.443. The van der Waals surface area contributed by atoms with Crippen molar-refractivity contribution in [2.24, 2.45) is 0 Å². The summed E-state index contributed by atoms with van der Waals surface area (Å²) < 4.78 is 15.0. The SMILES string of the molecule is O=[S-](=S)Oc1ccccc1.[H-].[K+]. The number of hydrogen-bond donors (Lipinski definition) is 0. The third kappa shape index (κ3) is 5.29. The zero-order chi connectivity index (χ0) is 7.40. The van der Waals surface area contributed by atoms with Crippen LogP contribution < -0.4 is 55.6 Å². The van der Waals surface area contributed by atoms with Gasteiger partial charge in [-0.1, -0.05) is 18.2 Å². The van der Waals surface area contributed by atoms with E-state index in [0.29, 0.717) is 5.75 Å². The molecule has 1 rings (SSSR count). The molecule has 0 heterocycles. The summed E-state index contributed by atoms with van der Waals surface area (Å²) in [5.41, 5.74) is 0. The molecule has 0 amide bonds. The summed E-state index contributed by atoms with van der Waals surface area (Å²) in [6, 6.07) is 8.82. The van der Waals surface area contributed by atoms with E-state index in [1.54, 1.807) is 24.3 Å². The molecule has 0 atom stereocenters. The van der Waals surface area contributed by atoms with E-state index in [-0.39, 0.29) is 52.8 Å². The summed E-state index contributed by atoms with van der Waals surface area (Å²) in [5, 5.41) is 0. The van der Waals surface area contributed by atoms with Gasteiger partial charge in [0.1, 0.15) is 0 Å². The Morgan fingerprint density at radius 3 is 2.36 bits per heavy atom. The largest absolute Gasteiger partial charge is 1.00 e. The molecule has 0 N–H and O–H groups in total. The summed E-state index contributed by atoms with van der Waals surface area (Å²) in [6.45, 7) is 0. The molecule has 0 saturated carbocycles. The Bertz CT molecular complexity index is 268. The van der Waals surface area contributed by atoms with Gasteiger partial charge in [-0.15, -0.1) is 0 Å². The van der Waals surface area contributed by atoms with Crippen molar-refractivity contribution in [2.75, 3.05) is 0 Å². The molecular weight excluding hydrogens is 207 g/mol. The molecule has 1 aromatic rings. The Balaban J connectivity index is 0. The van der Waals surface area contributed by atoms with Crippen LogP contribution in [0.3, 0.4) is 0 Å². The Kier molecular flexibility index (Phi) is 7.14. The van der Waals surface area contributed by atoms with Crippen LogP contribution in [0.5, 0.6) is 5.75 Å². The fourth-order valence-corrected chi connectivity index (χ4v) is 1.06. The smallest absolute Gasteiger partial charge is 1.00 e. The van der Waals surface area contributed by atoms with Crippen LogP contribution in [0.2, 0.25) is 0 Å².